The van der Waals surface area contributed by atoms with E-state index in [0.717, 1.165) is 0 Å². The van der Waals surface area contributed by atoms with Crippen LogP contribution in [0.25, 0.3) is 0 Å². The lowest BCUT2D eigenvalue weighted by Crippen LogP contribution is -2.18. The molecule has 0 aromatic carbocycles. The van der Waals surface area contributed by atoms with Crippen molar-refractivity contribution in [2.75, 3.05) is 0 Å². The summed E-state index contributed by atoms with van der Waals surface area (Å²) in [5, 5.41) is 12.6. The number of carboxylic acids is 1. The van der Waals surface area contributed by atoms with Gasteiger partial charge in [-0.25, -0.2) is 4.79 Å². The summed E-state index contributed by atoms with van der Waals surface area (Å²) in [7, 11) is 0. The van der Waals surface area contributed by atoms with Crippen molar-refractivity contribution in [2.24, 2.45) is 0 Å². The number of carboxylic acid groups (broad SMARTS) is 1. The zero-order valence-corrected chi connectivity index (χ0v) is 8.25. The van der Waals surface area contributed by atoms with Crippen LogP contribution in [0.5, 0.6) is 0 Å². The van der Waals surface area contributed by atoms with Crippen molar-refractivity contribution < 1.29 is 9.90 Å². The smallest absolute Gasteiger partial charge is 0.352 e. The summed E-state index contributed by atoms with van der Waals surface area (Å²) in [5.41, 5.74) is -0.0571. The first kappa shape index (κ1) is 10.2. The number of pyridine rings is 1. The lowest BCUT2D eigenvalue weighted by Gasteiger charge is -2.01. The van der Waals surface area contributed by atoms with E-state index in [4.69, 9.17) is 5.11 Å². The quantitative estimate of drug-likeness (QED) is 0.778. The maximum Gasteiger partial charge on any atom is 0.352 e. The molecule has 0 aliphatic rings. The summed E-state index contributed by atoms with van der Waals surface area (Å²) in [4.78, 5) is 24.4. The van der Waals surface area contributed by atoms with Crippen molar-refractivity contribution in [1.82, 2.24) is 14.8 Å². The molecule has 6 heteroatoms. The number of nitrogens with one attached hydrogen (secondary N) is 1. The van der Waals surface area contributed by atoms with Crippen molar-refractivity contribution in [3.63, 3.8) is 0 Å². The third-order valence-corrected chi connectivity index (χ3v) is 2.11. The van der Waals surface area contributed by atoms with Crippen molar-refractivity contribution in [3.05, 3.63) is 52.2 Å². The van der Waals surface area contributed by atoms with Gasteiger partial charge >= 0.3 is 5.97 Å². The van der Waals surface area contributed by atoms with E-state index in [1.54, 1.807) is 23.1 Å². The van der Waals surface area contributed by atoms with Gasteiger partial charge in [0.2, 0.25) is 0 Å². The van der Waals surface area contributed by atoms with Gasteiger partial charge in [-0.2, -0.15) is 5.10 Å². The summed E-state index contributed by atoms with van der Waals surface area (Å²) < 4.78 is 1.59. The highest BCUT2D eigenvalue weighted by Crippen LogP contribution is 1.98. The zero-order chi connectivity index (χ0) is 11.5. The molecule has 0 aliphatic heterocycles. The van der Waals surface area contributed by atoms with E-state index in [1.807, 2.05) is 0 Å². The molecule has 6 nitrogen and oxygen atoms in total. The Bertz CT molecular complexity index is 557. The van der Waals surface area contributed by atoms with Crippen LogP contribution in [0.1, 0.15) is 16.1 Å². The van der Waals surface area contributed by atoms with Gasteiger partial charge in [0.05, 0.1) is 6.54 Å². The van der Waals surface area contributed by atoms with Crippen LogP contribution in [0.2, 0.25) is 0 Å². The second-order valence-electron chi connectivity index (χ2n) is 3.24. The fraction of sp³-hybridized carbons (Fsp3) is 0.100. The lowest BCUT2D eigenvalue weighted by atomic mass is 10.2. The molecular weight excluding hydrogens is 210 g/mol. The molecule has 0 radical (unpaired) electrons. The van der Waals surface area contributed by atoms with E-state index >= 15 is 0 Å². The average Bonchev–Trinajstić information content (AvgIpc) is 2.73. The molecule has 2 rings (SSSR count). The van der Waals surface area contributed by atoms with E-state index < -0.39 is 11.5 Å². The zero-order valence-electron chi connectivity index (χ0n) is 8.25. The van der Waals surface area contributed by atoms with Crippen molar-refractivity contribution >= 4 is 5.97 Å². The molecule has 0 aliphatic carbocycles. The van der Waals surface area contributed by atoms with Crippen LogP contribution in [0, 0.1) is 0 Å². The molecule has 0 saturated carbocycles. The molecule has 0 unspecified atom stereocenters. The van der Waals surface area contributed by atoms with Gasteiger partial charge < -0.3 is 10.1 Å². The van der Waals surface area contributed by atoms with Gasteiger partial charge in [-0.3, -0.25) is 9.48 Å². The Morgan fingerprint density at radius 1 is 1.50 bits per heavy atom. The number of H-pyrrole nitrogens is 1. The molecule has 0 atom stereocenters. The second-order valence-corrected chi connectivity index (χ2v) is 3.24. The van der Waals surface area contributed by atoms with Crippen molar-refractivity contribution in [1.29, 1.82) is 0 Å². The first-order chi connectivity index (χ1) is 7.66. The van der Waals surface area contributed by atoms with E-state index in [9.17, 15) is 9.59 Å². The Morgan fingerprint density at radius 3 is 2.88 bits per heavy atom. The average molecular weight is 219 g/mol. The van der Waals surface area contributed by atoms with E-state index in [-0.39, 0.29) is 5.69 Å². The molecule has 82 valence electrons. The maximum atomic E-state index is 11.5. The SMILES string of the molecule is O=C(O)c1ccc(Cn2cccn2)c(=O)[nH]1. The summed E-state index contributed by atoms with van der Waals surface area (Å²) in [6.07, 6.45) is 3.34. The van der Waals surface area contributed by atoms with Crippen LogP contribution in [0.4, 0.5) is 0 Å². The maximum absolute atomic E-state index is 11.5. The first-order valence-corrected chi connectivity index (χ1v) is 4.60. The Hall–Kier alpha value is -2.37. The van der Waals surface area contributed by atoms with Crippen LogP contribution >= 0.6 is 0 Å². The molecule has 2 heterocycles. The topological polar surface area (TPSA) is 88.0 Å². The Balaban J connectivity index is 2.30. The number of carbonyl (C=O) groups is 1. The monoisotopic (exact) mass is 219 g/mol. The number of aromatic nitrogens is 3. The van der Waals surface area contributed by atoms with Gasteiger partial charge in [0.25, 0.3) is 5.56 Å². The highest BCUT2D eigenvalue weighted by molar-refractivity contribution is 5.85. The molecule has 0 saturated heterocycles. The van der Waals surface area contributed by atoms with Gasteiger partial charge in [-0.15, -0.1) is 0 Å². The molecule has 0 fully saturated rings. The van der Waals surface area contributed by atoms with Gasteiger partial charge in [0, 0.05) is 18.0 Å². The number of aromatic amines is 1. The van der Waals surface area contributed by atoms with Gasteiger partial charge in [0.15, 0.2) is 0 Å². The van der Waals surface area contributed by atoms with Crippen molar-refractivity contribution in [3.8, 4) is 0 Å². The van der Waals surface area contributed by atoms with Gasteiger partial charge in [-0.1, -0.05) is 0 Å². The normalized spacial score (nSPS) is 10.2. The summed E-state index contributed by atoms with van der Waals surface area (Å²) >= 11 is 0. The van der Waals surface area contributed by atoms with Crippen LogP contribution in [0.15, 0.2) is 35.4 Å². The predicted octanol–water partition coefficient (Wildman–Crippen LogP) is 0.318. The van der Waals surface area contributed by atoms with E-state index in [1.165, 1.54) is 12.1 Å². The highest BCUT2D eigenvalue weighted by Gasteiger charge is 2.06. The third kappa shape index (κ3) is 2.00. The lowest BCUT2D eigenvalue weighted by molar-refractivity contribution is 0.0690. The molecule has 2 aromatic heterocycles. The minimum atomic E-state index is -1.15. The van der Waals surface area contributed by atoms with Crippen molar-refractivity contribution in [2.45, 2.75) is 6.54 Å². The molecule has 0 spiro atoms. The van der Waals surface area contributed by atoms with Gasteiger partial charge in [0.1, 0.15) is 5.69 Å². The van der Waals surface area contributed by atoms with Crippen LogP contribution < -0.4 is 5.56 Å². The van der Waals surface area contributed by atoms with Crippen LogP contribution in [-0.4, -0.2) is 25.8 Å². The summed E-state index contributed by atoms with van der Waals surface area (Å²) in [6, 6.07) is 4.60. The molecule has 2 N–H and O–H groups in total. The molecule has 2 aromatic rings. The molecule has 0 amide bonds. The van der Waals surface area contributed by atoms with Crippen LogP contribution in [-0.2, 0) is 6.54 Å². The fourth-order valence-corrected chi connectivity index (χ4v) is 1.32. The standard InChI is InChI=1S/C10H9N3O3/c14-9-7(6-13-5-1-4-11-13)2-3-8(12-9)10(15)16/h1-5H,6H2,(H,12,14)(H,15,16). The second kappa shape index (κ2) is 4.01. The predicted molar refractivity (Wildman–Crippen MR) is 55.4 cm³/mol. The number of aromatic carboxylic acids is 1. The highest BCUT2D eigenvalue weighted by atomic mass is 16.4. The van der Waals surface area contributed by atoms with Gasteiger partial charge in [-0.05, 0) is 18.2 Å². The number of nitrogens with zero attached hydrogens (tertiary/aromatic N) is 2. The van der Waals surface area contributed by atoms with E-state index in [2.05, 4.69) is 10.1 Å². The minimum absolute atomic E-state index is 0.116. The first-order valence-electron chi connectivity index (χ1n) is 4.60. The molecule has 16 heavy (non-hydrogen) atoms. The number of hydrogen-bond acceptors (Lipinski definition) is 3. The largest absolute Gasteiger partial charge is 0.477 e. The molecule has 0 bridgehead atoms. The van der Waals surface area contributed by atoms with E-state index in [0.29, 0.717) is 12.1 Å². The number of rotatable bonds is 3. The Kier molecular flexibility index (Phi) is 2.55. The minimum Gasteiger partial charge on any atom is -0.477 e. The Morgan fingerprint density at radius 2 is 2.31 bits per heavy atom. The fourth-order valence-electron chi connectivity index (χ4n) is 1.32. The number of hydrogen-bond donors (Lipinski definition) is 2. The summed E-state index contributed by atoms with van der Waals surface area (Å²) in [6.45, 7) is 0.322. The Labute approximate surface area is 90.2 Å². The summed E-state index contributed by atoms with van der Waals surface area (Å²) in [5.74, 6) is -1.15. The third-order valence-electron chi connectivity index (χ3n) is 2.11. The molecular formula is C10H9N3O3. The van der Waals surface area contributed by atoms with Crippen LogP contribution in [0.3, 0.4) is 0 Å².